The van der Waals surface area contributed by atoms with Gasteiger partial charge in [0.1, 0.15) is 5.60 Å². The molecule has 3 N–H and O–H groups in total. The van der Waals surface area contributed by atoms with Crippen molar-refractivity contribution in [3.63, 3.8) is 0 Å². The number of carbonyl (C=O) groups is 4. The number of hydrazine groups is 1. The van der Waals surface area contributed by atoms with Crippen molar-refractivity contribution >= 4 is 23.7 Å². The average Bonchev–Trinajstić information content (AvgIpc) is 2.87. The summed E-state index contributed by atoms with van der Waals surface area (Å²) >= 11 is 0. The van der Waals surface area contributed by atoms with E-state index in [2.05, 4.69) is 5.32 Å². The van der Waals surface area contributed by atoms with E-state index in [0.29, 0.717) is 32.2 Å². The quantitative estimate of drug-likeness (QED) is 0.594. The number of esters is 1. The fraction of sp³-hybridized carbons (Fsp3) is 0.583. The van der Waals surface area contributed by atoms with Crippen LogP contribution in [-0.4, -0.2) is 64.0 Å². The third-order valence-electron chi connectivity index (χ3n) is 5.85. The molecular weight excluding hydrogens is 424 g/mol. The number of nitrogens with zero attached hydrogens (tertiary/aromatic N) is 2. The van der Waals surface area contributed by atoms with Crippen molar-refractivity contribution in [2.75, 3.05) is 6.54 Å². The van der Waals surface area contributed by atoms with Crippen LogP contribution in [0.1, 0.15) is 58.4 Å². The molecular formula is C24H34N4O5. The van der Waals surface area contributed by atoms with Gasteiger partial charge >= 0.3 is 5.97 Å². The first-order chi connectivity index (χ1) is 15.6. The molecule has 1 aromatic rings. The summed E-state index contributed by atoms with van der Waals surface area (Å²) in [6.45, 7) is 5.64. The van der Waals surface area contributed by atoms with Crippen molar-refractivity contribution in [2.24, 2.45) is 5.73 Å². The number of hydrogen-bond acceptors (Lipinski definition) is 6. The van der Waals surface area contributed by atoms with Crippen LogP contribution in [0.3, 0.4) is 0 Å². The fourth-order valence-corrected chi connectivity index (χ4v) is 4.28. The monoisotopic (exact) mass is 458 g/mol. The lowest BCUT2D eigenvalue weighted by Gasteiger charge is -2.43. The largest absolute Gasteiger partial charge is 0.458 e. The molecule has 0 radical (unpaired) electrons. The predicted molar refractivity (Wildman–Crippen MR) is 121 cm³/mol. The van der Waals surface area contributed by atoms with Crippen molar-refractivity contribution in [3.8, 4) is 0 Å². The number of aryl methyl sites for hydroxylation is 1. The van der Waals surface area contributed by atoms with Crippen LogP contribution in [0.25, 0.3) is 0 Å². The number of primary amides is 1. The molecule has 9 heteroatoms. The highest BCUT2D eigenvalue weighted by atomic mass is 16.6. The predicted octanol–water partition coefficient (Wildman–Crippen LogP) is 1.30. The Morgan fingerprint density at radius 3 is 2.52 bits per heavy atom. The summed E-state index contributed by atoms with van der Waals surface area (Å²) in [5, 5.41) is 5.70. The Balaban J connectivity index is 1.78. The number of nitrogens with two attached hydrogens (primary N) is 1. The van der Waals surface area contributed by atoms with Crippen molar-refractivity contribution < 1.29 is 23.9 Å². The maximum atomic E-state index is 13.5. The van der Waals surface area contributed by atoms with Crippen LogP contribution in [0.2, 0.25) is 0 Å². The highest BCUT2D eigenvalue weighted by molar-refractivity contribution is 5.92. The molecule has 2 saturated heterocycles. The summed E-state index contributed by atoms with van der Waals surface area (Å²) in [6, 6.07) is 7.25. The number of fused-ring (bicyclic) bond motifs is 1. The third kappa shape index (κ3) is 6.31. The van der Waals surface area contributed by atoms with Gasteiger partial charge in [0.05, 0.1) is 12.1 Å². The van der Waals surface area contributed by atoms with E-state index in [1.54, 1.807) is 20.8 Å². The molecule has 1 aromatic carbocycles. The highest BCUT2D eigenvalue weighted by Gasteiger charge is 2.46. The lowest BCUT2D eigenvalue weighted by Crippen LogP contribution is -2.63. The van der Waals surface area contributed by atoms with Gasteiger partial charge in [-0.2, -0.15) is 0 Å². The second-order valence-electron chi connectivity index (χ2n) is 9.63. The minimum absolute atomic E-state index is 0.130. The maximum Gasteiger partial charge on any atom is 0.331 e. The molecule has 180 valence electrons. The van der Waals surface area contributed by atoms with E-state index in [0.717, 1.165) is 5.56 Å². The van der Waals surface area contributed by atoms with E-state index in [9.17, 15) is 19.2 Å². The summed E-state index contributed by atoms with van der Waals surface area (Å²) < 4.78 is 5.53. The van der Waals surface area contributed by atoms with Gasteiger partial charge in [-0.05, 0) is 58.4 Å². The first-order valence-corrected chi connectivity index (χ1v) is 11.5. The van der Waals surface area contributed by atoms with Crippen molar-refractivity contribution in [1.29, 1.82) is 0 Å². The Morgan fingerprint density at radius 1 is 1.18 bits per heavy atom. The standard InChI is InChI=1S/C24H34N4O5/c1-24(2,3)33-23(32)19-10-7-15-27-20(29)14-13-18(22(31)28(19)27)26-17(21(25)30)12-11-16-8-5-4-6-9-16/h4-6,8-9,17-19,26H,7,10-15H2,1-3H3,(H2,25,30). The molecule has 2 aliphatic rings. The van der Waals surface area contributed by atoms with Crippen molar-refractivity contribution in [3.05, 3.63) is 35.9 Å². The number of carbonyl (C=O) groups excluding carboxylic acids is 4. The van der Waals surface area contributed by atoms with Crippen LogP contribution < -0.4 is 11.1 Å². The van der Waals surface area contributed by atoms with Gasteiger partial charge in [0, 0.05) is 13.0 Å². The van der Waals surface area contributed by atoms with E-state index < -0.39 is 41.5 Å². The smallest absolute Gasteiger partial charge is 0.331 e. The average molecular weight is 459 g/mol. The van der Waals surface area contributed by atoms with E-state index in [1.165, 1.54) is 10.0 Å². The maximum absolute atomic E-state index is 13.5. The topological polar surface area (TPSA) is 122 Å². The molecule has 33 heavy (non-hydrogen) atoms. The van der Waals surface area contributed by atoms with Crippen LogP contribution in [-0.2, 0) is 30.3 Å². The second kappa shape index (κ2) is 10.3. The van der Waals surface area contributed by atoms with E-state index in [-0.39, 0.29) is 18.7 Å². The first-order valence-electron chi connectivity index (χ1n) is 11.5. The SMILES string of the molecule is CC(C)(C)OC(=O)C1CCCN2C(=O)CCC(NC(CCc3ccccc3)C(N)=O)C(=O)N12. The van der Waals surface area contributed by atoms with Gasteiger partial charge in [0.15, 0.2) is 6.04 Å². The highest BCUT2D eigenvalue weighted by Crippen LogP contribution is 2.27. The number of amides is 3. The summed E-state index contributed by atoms with van der Waals surface area (Å²) in [7, 11) is 0. The van der Waals surface area contributed by atoms with Gasteiger partial charge < -0.3 is 10.5 Å². The molecule has 9 nitrogen and oxygen atoms in total. The summed E-state index contributed by atoms with van der Waals surface area (Å²) in [6.07, 6.45) is 2.38. The van der Waals surface area contributed by atoms with Crippen molar-refractivity contribution in [1.82, 2.24) is 15.3 Å². The zero-order chi connectivity index (χ0) is 24.2. The molecule has 0 saturated carbocycles. The lowest BCUT2D eigenvalue weighted by molar-refractivity contribution is -0.188. The second-order valence-corrected chi connectivity index (χ2v) is 9.63. The van der Waals surface area contributed by atoms with E-state index in [1.807, 2.05) is 30.3 Å². The molecule has 2 fully saturated rings. The summed E-state index contributed by atoms with van der Waals surface area (Å²) in [5.41, 5.74) is 5.97. The molecule has 0 bridgehead atoms. The summed E-state index contributed by atoms with van der Waals surface area (Å²) in [5.74, 6) is -1.73. The summed E-state index contributed by atoms with van der Waals surface area (Å²) in [4.78, 5) is 51.4. The number of ether oxygens (including phenoxy) is 1. The van der Waals surface area contributed by atoms with Gasteiger partial charge in [0.2, 0.25) is 11.8 Å². The molecule has 3 atom stereocenters. The van der Waals surface area contributed by atoms with E-state index >= 15 is 0 Å². The zero-order valence-corrected chi connectivity index (χ0v) is 19.6. The Kier molecular flexibility index (Phi) is 7.73. The Bertz CT molecular complexity index is 883. The Hall–Kier alpha value is -2.94. The van der Waals surface area contributed by atoms with Crippen LogP contribution >= 0.6 is 0 Å². The Morgan fingerprint density at radius 2 is 1.88 bits per heavy atom. The molecule has 3 rings (SSSR count). The molecule has 2 heterocycles. The minimum Gasteiger partial charge on any atom is -0.458 e. The number of hydrogen-bond donors (Lipinski definition) is 2. The van der Waals surface area contributed by atoms with Crippen LogP contribution in [0.4, 0.5) is 0 Å². The number of rotatable bonds is 7. The molecule has 3 amide bonds. The lowest BCUT2D eigenvalue weighted by atomic mass is 10.0. The zero-order valence-electron chi connectivity index (χ0n) is 19.6. The van der Waals surface area contributed by atoms with Gasteiger partial charge in [-0.15, -0.1) is 0 Å². The number of benzene rings is 1. The van der Waals surface area contributed by atoms with Crippen molar-refractivity contribution in [2.45, 2.75) is 83.0 Å². The first kappa shape index (κ1) is 24.7. The third-order valence-corrected chi connectivity index (χ3v) is 5.85. The van der Waals surface area contributed by atoms with Crippen LogP contribution in [0.15, 0.2) is 30.3 Å². The van der Waals surface area contributed by atoms with Crippen LogP contribution in [0, 0.1) is 0 Å². The normalized spacial score (nSPS) is 22.4. The van der Waals surface area contributed by atoms with E-state index in [4.69, 9.17) is 10.5 Å². The molecule has 0 spiro atoms. The fourth-order valence-electron chi connectivity index (χ4n) is 4.28. The van der Waals surface area contributed by atoms with Gasteiger partial charge in [0.25, 0.3) is 5.91 Å². The minimum atomic E-state index is -0.881. The van der Waals surface area contributed by atoms with Gasteiger partial charge in [-0.1, -0.05) is 30.3 Å². The molecule has 0 aliphatic carbocycles. The van der Waals surface area contributed by atoms with Gasteiger partial charge in [-0.25, -0.2) is 9.80 Å². The number of nitrogens with one attached hydrogen (secondary N) is 1. The molecule has 2 aliphatic heterocycles. The Labute approximate surface area is 194 Å². The molecule has 3 unspecified atom stereocenters. The van der Waals surface area contributed by atoms with Crippen LogP contribution in [0.5, 0.6) is 0 Å². The van der Waals surface area contributed by atoms with Gasteiger partial charge in [-0.3, -0.25) is 24.7 Å². The molecule has 0 aromatic heterocycles.